The van der Waals surface area contributed by atoms with Gasteiger partial charge < -0.3 is 19.7 Å². The maximum Gasteiger partial charge on any atom is 0.224 e. The lowest BCUT2D eigenvalue weighted by molar-refractivity contribution is -0.116. The molecule has 1 N–H and O–H groups in total. The summed E-state index contributed by atoms with van der Waals surface area (Å²) in [5.74, 6) is 2.08. The van der Waals surface area contributed by atoms with Crippen molar-refractivity contribution in [2.24, 2.45) is 5.92 Å². The lowest BCUT2D eigenvalue weighted by atomic mass is 9.87. The number of hydrogen-bond donors (Lipinski definition) is 1. The number of hydrogen-bond acceptors (Lipinski definition) is 5. The minimum absolute atomic E-state index is 0.0814. The number of ether oxygens (including phenoxy) is 2. The van der Waals surface area contributed by atoms with Crippen molar-refractivity contribution in [3.8, 4) is 11.5 Å². The van der Waals surface area contributed by atoms with Gasteiger partial charge in [0, 0.05) is 36.8 Å². The molecule has 0 radical (unpaired) electrons. The Morgan fingerprint density at radius 3 is 2.53 bits per heavy atom. The Labute approximate surface area is 192 Å². The Kier molecular flexibility index (Phi) is 8.53. The molecular weight excluding hydrogens is 402 g/mol. The second-order valence-corrected chi connectivity index (χ2v) is 8.92. The van der Waals surface area contributed by atoms with E-state index in [0.717, 1.165) is 55.2 Å². The van der Waals surface area contributed by atoms with E-state index in [4.69, 9.17) is 9.47 Å². The molecule has 2 atom stereocenters. The molecule has 2 aromatic carbocycles. The Morgan fingerprint density at radius 1 is 1.12 bits per heavy atom. The maximum absolute atomic E-state index is 12.6. The number of para-hydroxylation sites is 1. The van der Waals surface area contributed by atoms with Gasteiger partial charge in [-0.2, -0.15) is 0 Å². The molecule has 0 bridgehead atoms. The predicted octanol–water partition coefficient (Wildman–Crippen LogP) is 4.18. The fourth-order valence-electron chi connectivity index (χ4n) is 4.70. The van der Waals surface area contributed by atoms with Crippen LogP contribution in [-0.4, -0.2) is 63.2 Å². The van der Waals surface area contributed by atoms with E-state index >= 15 is 0 Å². The third kappa shape index (κ3) is 6.24. The smallest absolute Gasteiger partial charge is 0.224 e. The predicted molar refractivity (Wildman–Crippen MR) is 129 cm³/mol. The van der Waals surface area contributed by atoms with E-state index in [0.29, 0.717) is 18.4 Å². The van der Waals surface area contributed by atoms with Crippen LogP contribution in [-0.2, 0) is 11.3 Å². The van der Waals surface area contributed by atoms with Crippen molar-refractivity contribution in [3.63, 3.8) is 0 Å². The molecule has 32 heavy (non-hydrogen) atoms. The molecule has 6 heteroatoms. The summed E-state index contributed by atoms with van der Waals surface area (Å²) in [6, 6.07) is 14.5. The Bertz CT molecular complexity index is 882. The number of likely N-dealkylation sites (tertiary alicyclic amines) is 1. The summed E-state index contributed by atoms with van der Waals surface area (Å²) in [5.41, 5.74) is 3.18. The minimum atomic E-state index is 0.0814. The van der Waals surface area contributed by atoms with Crippen LogP contribution in [0.25, 0.3) is 0 Å². The average Bonchev–Trinajstić information content (AvgIpc) is 2.79. The summed E-state index contributed by atoms with van der Waals surface area (Å²) in [6.45, 7) is 4.84. The molecule has 174 valence electrons. The summed E-state index contributed by atoms with van der Waals surface area (Å²) < 4.78 is 11.1. The quantitative estimate of drug-likeness (QED) is 0.635. The van der Waals surface area contributed by atoms with Crippen LogP contribution in [0.4, 0.5) is 5.69 Å². The average molecular weight is 440 g/mol. The topological polar surface area (TPSA) is 54.0 Å². The highest BCUT2D eigenvalue weighted by molar-refractivity contribution is 5.90. The van der Waals surface area contributed by atoms with Gasteiger partial charge in [0.25, 0.3) is 0 Å². The Balaban J connectivity index is 1.62. The zero-order valence-corrected chi connectivity index (χ0v) is 20.1. The molecule has 0 aromatic heterocycles. The molecule has 1 aliphatic heterocycles. The number of carbonyl (C=O) groups excluding carboxylic acids is 1. The minimum Gasteiger partial charge on any atom is -0.493 e. The van der Waals surface area contributed by atoms with Gasteiger partial charge in [-0.25, -0.2) is 0 Å². The van der Waals surface area contributed by atoms with Crippen LogP contribution in [0.5, 0.6) is 11.5 Å². The van der Waals surface area contributed by atoms with Crippen molar-refractivity contribution in [1.29, 1.82) is 0 Å². The van der Waals surface area contributed by atoms with Gasteiger partial charge in [-0.15, -0.1) is 0 Å². The summed E-state index contributed by atoms with van der Waals surface area (Å²) >= 11 is 0. The molecule has 0 unspecified atom stereocenters. The van der Waals surface area contributed by atoms with Gasteiger partial charge in [-0.3, -0.25) is 9.69 Å². The summed E-state index contributed by atoms with van der Waals surface area (Å²) in [6.07, 6.45) is 2.48. The summed E-state index contributed by atoms with van der Waals surface area (Å²) in [4.78, 5) is 17.4. The maximum atomic E-state index is 12.6. The van der Waals surface area contributed by atoms with E-state index in [1.54, 1.807) is 14.2 Å². The molecule has 1 aliphatic rings. The molecule has 1 fully saturated rings. The second-order valence-electron chi connectivity index (χ2n) is 8.92. The van der Waals surface area contributed by atoms with Gasteiger partial charge in [-0.05, 0) is 64.5 Å². The SMILES string of the molecule is COc1cccc(CN2CC[C@@H](N(C)C)[C@@H](CCC(=O)Nc3ccc(C)cc3)C2)c1OC. The highest BCUT2D eigenvalue weighted by Crippen LogP contribution is 2.33. The first-order valence-electron chi connectivity index (χ1n) is 11.4. The number of nitrogens with one attached hydrogen (secondary N) is 1. The first-order valence-corrected chi connectivity index (χ1v) is 11.4. The number of anilines is 1. The first-order chi connectivity index (χ1) is 15.4. The van der Waals surface area contributed by atoms with Crippen LogP contribution in [0.15, 0.2) is 42.5 Å². The standard InChI is InChI=1S/C26H37N3O3/c1-19-9-12-22(13-10-19)27-25(30)14-11-20-17-29(16-15-23(20)28(2)3)18-21-7-6-8-24(31-4)26(21)32-5/h6-10,12-13,20,23H,11,14-18H2,1-5H3,(H,27,30)/t20-,23+/m0/s1. The summed E-state index contributed by atoms with van der Waals surface area (Å²) in [5, 5.41) is 3.03. The Morgan fingerprint density at radius 2 is 1.88 bits per heavy atom. The highest BCUT2D eigenvalue weighted by Gasteiger charge is 2.31. The van der Waals surface area contributed by atoms with Crippen molar-refractivity contribution in [1.82, 2.24) is 9.80 Å². The fraction of sp³-hybridized carbons (Fsp3) is 0.500. The van der Waals surface area contributed by atoms with Crippen molar-refractivity contribution >= 4 is 11.6 Å². The summed E-state index contributed by atoms with van der Waals surface area (Å²) in [7, 11) is 7.65. The van der Waals surface area contributed by atoms with E-state index in [1.807, 2.05) is 43.3 Å². The molecule has 3 rings (SSSR count). The van der Waals surface area contributed by atoms with Gasteiger partial charge in [0.15, 0.2) is 11.5 Å². The zero-order valence-electron chi connectivity index (χ0n) is 20.1. The van der Waals surface area contributed by atoms with Crippen LogP contribution < -0.4 is 14.8 Å². The van der Waals surface area contributed by atoms with Crippen LogP contribution in [0, 0.1) is 12.8 Å². The Hall–Kier alpha value is -2.57. The van der Waals surface area contributed by atoms with Crippen molar-refractivity contribution < 1.29 is 14.3 Å². The number of nitrogens with zero attached hydrogens (tertiary/aromatic N) is 2. The van der Waals surface area contributed by atoms with Gasteiger partial charge in [0.2, 0.25) is 5.91 Å². The van der Waals surface area contributed by atoms with Crippen molar-refractivity contribution in [3.05, 3.63) is 53.6 Å². The highest BCUT2D eigenvalue weighted by atomic mass is 16.5. The number of piperidine rings is 1. The third-order valence-electron chi connectivity index (χ3n) is 6.40. The van der Waals surface area contributed by atoms with Crippen LogP contribution in [0.2, 0.25) is 0 Å². The zero-order chi connectivity index (χ0) is 23.1. The molecule has 1 amide bonds. The first kappa shape index (κ1) is 24.1. The van der Waals surface area contributed by atoms with Crippen LogP contribution in [0.3, 0.4) is 0 Å². The number of aryl methyl sites for hydroxylation is 1. The fourth-order valence-corrected chi connectivity index (χ4v) is 4.70. The number of rotatable bonds is 9. The van der Waals surface area contributed by atoms with Gasteiger partial charge in [-0.1, -0.05) is 29.8 Å². The van der Waals surface area contributed by atoms with Crippen molar-refractivity contribution in [2.75, 3.05) is 46.7 Å². The molecule has 1 saturated heterocycles. The number of amides is 1. The molecule has 0 spiro atoms. The normalized spacial score (nSPS) is 19.1. The van der Waals surface area contributed by atoms with E-state index in [-0.39, 0.29) is 5.91 Å². The lowest BCUT2D eigenvalue weighted by Crippen LogP contribution is -2.48. The second kappa shape index (κ2) is 11.3. The molecule has 2 aromatic rings. The van der Waals surface area contributed by atoms with Gasteiger partial charge >= 0.3 is 0 Å². The van der Waals surface area contributed by atoms with Gasteiger partial charge in [0.1, 0.15) is 0 Å². The number of methoxy groups -OCH3 is 2. The molecule has 6 nitrogen and oxygen atoms in total. The molecule has 0 saturated carbocycles. The third-order valence-corrected chi connectivity index (χ3v) is 6.40. The molecule has 0 aliphatic carbocycles. The van der Waals surface area contributed by atoms with Crippen LogP contribution in [0.1, 0.15) is 30.4 Å². The lowest BCUT2D eigenvalue weighted by Gasteiger charge is -2.42. The molecular formula is C26H37N3O3. The molecule has 1 heterocycles. The number of carbonyl (C=O) groups is 1. The van der Waals surface area contributed by atoms with Gasteiger partial charge in [0.05, 0.1) is 14.2 Å². The number of benzene rings is 2. The van der Waals surface area contributed by atoms with Crippen LogP contribution >= 0.6 is 0 Å². The van der Waals surface area contributed by atoms with E-state index in [1.165, 1.54) is 5.56 Å². The van der Waals surface area contributed by atoms with Crippen molar-refractivity contribution in [2.45, 2.75) is 38.8 Å². The van der Waals surface area contributed by atoms with E-state index in [9.17, 15) is 4.79 Å². The monoisotopic (exact) mass is 439 g/mol. The van der Waals surface area contributed by atoms with E-state index < -0.39 is 0 Å². The van der Waals surface area contributed by atoms with E-state index in [2.05, 4.69) is 35.3 Å². The largest absolute Gasteiger partial charge is 0.493 e.